The van der Waals surface area contributed by atoms with Crippen LogP contribution in [0.1, 0.15) is 44.7 Å². The molecule has 0 aliphatic carbocycles. The summed E-state index contributed by atoms with van der Waals surface area (Å²) in [6, 6.07) is 0.248. The number of likely N-dealkylation sites (tertiary alicyclic amines) is 1. The van der Waals surface area contributed by atoms with Crippen LogP contribution in [0.4, 0.5) is 0 Å². The average Bonchev–Trinajstić information content (AvgIpc) is 3.04. The summed E-state index contributed by atoms with van der Waals surface area (Å²) in [5.41, 5.74) is 1.33. The number of halogens is 1. The first-order chi connectivity index (χ1) is 12.3. The van der Waals surface area contributed by atoms with Crippen LogP contribution in [0.2, 0.25) is 0 Å². The van der Waals surface area contributed by atoms with Crippen molar-refractivity contribution >= 4 is 29.9 Å². The number of guanidine groups is 1. The second-order valence-corrected chi connectivity index (χ2v) is 8.09. The summed E-state index contributed by atoms with van der Waals surface area (Å²) < 4.78 is 1.85. The van der Waals surface area contributed by atoms with E-state index in [1.54, 1.807) is 0 Å². The summed E-state index contributed by atoms with van der Waals surface area (Å²) in [6.45, 7) is 8.69. The molecule has 0 spiro atoms. The third kappa shape index (κ3) is 7.23. The van der Waals surface area contributed by atoms with E-state index in [0.717, 1.165) is 19.0 Å². The lowest BCUT2D eigenvalue weighted by Crippen LogP contribution is -2.55. The van der Waals surface area contributed by atoms with Crippen molar-refractivity contribution in [1.29, 1.82) is 0 Å². The molecule has 0 bridgehead atoms. The quantitative estimate of drug-likeness (QED) is 0.348. The molecule has 1 saturated heterocycles. The highest BCUT2D eigenvalue weighted by molar-refractivity contribution is 14.0. The first-order valence-corrected chi connectivity index (χ1v) is 9.68. The number of hydrogen-bond acceptors (Lipinski definition) is 4. The first kappa shape index (κ1) is 24.2. The third-order valence-corrected chi connectivity index (χ3v) is 5.32. The Morgan fingerprint density at radius 1 is 1.26 bits per heavy atom. The normalized spacial score (nSPS) is 17.5. The molecule has 8 heteroatoms. The lowest BCUT2D eigenvalue weighted by atomic mass is 9.98. The molecule has 2 rings (SSSR count). The topological polar surface area (TPSA) is 60.7 Å². The molecule has 1 aromatic rings. The number of aromatic nitrogens is 2. The molecular formula is C19H38IN7. The van der Waals surface area contributed by atoms with E-state index in [0.29, 0.717) is 0 Å². The number of rotatable bonds is 7. The van der Waals surface area contributed by atoms with Crippen LogP contribution in [0.3, 0.4) is 0 Å². The van der Waals surface area contributed by atoms with Crippen LogP contribution < -0.4 is 10.6 Å². The maximum Gasteiger partial charge on any atom is 0.191 e. The Bertz CT molecular complexity index is 576. The van der Waals surface area contributed by atoms with E-state index in [1.165, 1.54) is 37.9 Å². The summed E-state index contributed by atoms with van der Waals surface area (Å²) in [4.78, 5) is 9.20. The molecule has 1 unspecified atom stereocenters. The highest BCUT2D eigenvalue weighted by Crippen LogP contribution is 2.20. The predicted octanol–water partition coefficient (Wildman–Crippen LogP) is 2.07. The van der Waals surface area contributed by atoms with Gasteiger partial charge in [-0.25, -0.2) is 0 Å². The number of aliphatic imine (C=N–C) groups is 1. The fourth-order valence-corrected chi connectivity index (χ4v) is 3.54. The minimum absolute atomic E-state index is 0. The Morgan fingerprint density at radius 2 is 1.93 bits per heavy atom. The maximum absolute atomic E-state index is 4.40. The second-order valence-electron chi connectivity index (χ2n) is 8.09. The number of likely N-dealkylation sites (N-methyl/N-ethyl adjacent to an activating group) is 1. The third-order valence-electron chi connectivity index (χ3n) is 5.32. The average molecular weight is 491 g/mol. The predicted molar refractivity (Wildman–Crippen MR) is 124 cm³/mol. The molecule has 0 saturated carbocycles. The van der Waals surface area contributed by atoms with Crippen LogP contribution in [-0.4, -0.2) is 78.4 Å². The van der Waals surface area contributed by atoms with Gasteiger partial charge in [0.25, 0.3) is 0 Å². The van der Waals surface area contributed by atoms with Crippen molar-refractivity contribution in [2.75, 3.05) is 47.3 Å². The van der Waals surface area contributed by atoms with Crippen LogP contribution >= 0.6 is 24.0 Å². The van der Waals surface area contributed by atoms with Gasteiger partial charge in [-0.05, 0) is 53.9 Å². The molecule has 1 fully saturated rings. The first-order valence-electron chi connectivity index (χ1n) is 9.68. The van der Waals surface area contributed by atoms with Crippen molar-refractivity contribution < 1.29 is 0 Å². The molecule has 0 aromatic carbocycles. The van der Waals surface area contributed by atoms with E-state index < -0.39 is 0 Å². The largest absolute Gasteiger partial charge is 0.355 e. The lowest BCUT2D eigenvalue weighted by molar-refractivity contribution is 0.0982. The number of piperidine rings is 1. The molecule has 1 atom stereocenters. The van der Waals surface area contributed by atoms with Crippen molar-refractivity contribution in [1.82, 2.24) is 30.2 Å². The van der Waals surface area contributed by atoms with Gasteiger partial charge in [0.2, 0.25) is 0 Å². The van der Waals surface area contributed by atoms with Crippen molar-refractivity contribution in [3.8, 4) is 0 Å². The second kappa shape index (κ2) is 11.2. The summed E-state index contributed by atoms with van der Waals surface area (Å²) >= 11 is 0. The maximum atomic E-state index is 4.40. The Morgan fingerprint density at radius 3 is 2.44 bits per heavy atom. The standard InChI is InChI=1S/C19H37N7.HI/c1-19(2,26-10-8-7-9-11-26)15-22-18(20-3)21-13-17(24(4)5)16-12-23-25(6)14-16;/h12,14,17H,7-11,13,15H2,1-6H3,(H2,20,21,22);1H. The smallest absolute Gasteiger partial charge is 0.191 e. The monoisotopic (exact) mass is 491 g/mol. The van der Waals surface area contributed by atoms with Gasteiger partial charge in [0.1, 0.15) is 0 Å². The Balaban J connectivity index is 0.00000364. The van der Waals surface area contributed by atoms with Gasteiger partial charge in [-0.2, -0.15) is 5.10 Å². The summed E-state index contributed by atoms with van der Waals surface area (Å²) in [5.74, 6) is 0.853. The van der Waals surface area contributed by atoms with Crippen molar-refractivity contribution in [3.63, 3.8) is 0 Å². The molecule has 2 heterocycles. The number of aryl methyl sites for hydroxylation is 1. The molecule has 27 heavy (non-hydrogen) atoms. The van der Waals surface area contributed by atoms with E-state index >= 15 is 0 Å². The van der Waals surface area contributed by atoms with Crippen LogP contribution in [0.15, 0.2) is 17.4 Å². The molecule has 7 nitrogen and oxygen atoms in total. The van der Waals surface area contributed by atoms with Gasteiger partial charge >= 0.3 is 0 Å². The van der Waals surface area contributed by atoms with Gasteiger partial charge in [-0.3, -0.25) is 14.6 Å². The van der Waals surface area contributed by atoms with Gasteiger partial charge in [0.05, 0.1) is 12.2 Å². The zero-order chi connectivity index (χ0) is 19.2. The zero-order valence-electron chi connectivity index (χ0n) is 17.8. The van der Waals surface area contributed by atoms with Gasteiger partial charge in [0, 0.05) is 44.5 Å². The van der Waals surface area contributed by atoms with E-state index in [9.17, 15) is 0 Å². The molecular weight excluding hydrogens is 453 g/mol. The molecule has 0 radical (unpaired) electrons. The van der Waals surface area contributed by atoms with E-state index in [1.807, 2.05) is 25.0 Å². The van der Waals surface area contributed by atoms with Crippen molar-refractivity contribution in [3.05, 3.63) is 18.0 Å². The molecule has 1 aliphatic heterocycles. The van der Waals surface area contributed by atoms with Gasteiger partial charge in [0.15, 0.2) is 5.96 Å². The molecule has 1 aromatic heterocycles. The van der Waals surface area contributed by atoms with E-state index in [-0.39, 0.29) is 35.6 Å². The Hall–Kier alpha value is -0.870. The van der Waals surface area contributed by atoms with Crippen molar-refractivity contribution in [2.45, 2.75) is 44.7 Å². The SMILES string of the molecule is CN=C(NCC(c1cnn(C)c1)N(C)C)NCC(C)(C)N1CCCCC1.I. The number of nitrogens with zero attached hydrogens (tertiary/aromatic N) is 5. The van der Waals surface area contributed by atoms with Crippen LogP contribution in [-0.2, 0) is 7.05 Å². The fourth-order valence-electron chi connectivity index (χ4n) is 3.54. The van der Waals surface area contributed by atoms with E-state index in [2.05, 4.69) is 64.7 Å². The highest BCUT2D eigenvalue weighted by Gasteiger charge is 2.28. The molecule has 156 valence electrons. The Kier molecular flexibility index (Phi) is 10.0. The number of hydrogen-bond donors (Lipinski definition) is 2. The van der Waals surface area contributed by atoms with E-state index in [4.69, 9.17) is 0 Å². The summed E-state index contributed by atoms with van der Waals surface area (Å²) in [5, 5.41) is 11.3. The van der Waals surface area contributed by atoms with Gasteiger partial charge in [-0.1, -0.05) is 6.42 Å². The molecule has 0 amide bonds. The summed E-state index contributed by atoms with van der Waals surface area (Å²) in [7, 11) is 7.97. The minimum Gasteiger partial charge on any atom is -0.355 e. The van der Waals surface area contributed by atoms with Gasteiger partial charge < -0.3 is 15.5 Å². The lowest BCUT2D eigenvalue weighted by Gasteiger charge is -2.41. The summed E-state index contributed by atoms with van der Waals surface area (Å²) in [6.07, 6.45) is 7.99. The van der Waals surface area contributed by atoms with Crippen LogP contribution in [0.5, 0.6) is 0 Å². The zero-order valence-corrected chi connectivity index (χ0v) is 20.2. The van der Waals surface area contributed by atoms with Crippen molar-refractivity contribution in [2.24, 2.45) is 12.0 Å². The fraction of sp³-hybridized carbons (Fsp3) is 0.789. The minimum atomic E-state index is 0. The van der Waals surface area contributed by atoms with Crippen LogP contribution in [0.25, 0.3) is 0 Å². The number of nitrogens with one attached hydrogen (secondary N) is 2. The molecule has 2 N–H and O–H groups in total. The Labute approximate surface area is 182 Å². The molecule has 1 aliphatic rings. The highest BCUT2D eigenvalue weighted by atomic mass is 127. The van der Waals surface area contributed by atoms with Gasteiger partial charge in [-0.15, -0.1) is 24.0 Å². The van der Waals surface area contributed by atoms with Crippen LogP contribution in [0, 0.1) is 0 Å².